The molecule has 0 spiro atoms. The predicted octanol–water partition coefficient (Wildman–Crippen LogP) is 5.36. The molecular formula is C13H7Br3N2O. The van der Waals surface area contributed by atoms with Gasteiger partial charge in [-0.05, 0) is 46.3 Å². The van der Waals surface area contributed by atoms with E-state index in [1.54, 1.807) is 6.07 Å². The standard InChI is InChI=1S/C13H7Br3N2O/c14-6-1-2-9(16)8(3-6)13-18-11-5-7(15)4-10(17)12(11)19-13/h1-5H,17H2. The Morgan fingerprint density at radius 3 is 2.58 bits per heavy atom. The van der Waals surface area contributed by atoms with Crippen molar-refractivity contribution in [2.75, 3.05) is 5.73 Å². The van der Waals surface area contributed by atoms with Crippen molar-refractivity contribution >= 4 is 64.6 Å². The molecule has 0 atom stereocenters. The maximum atomic E-state index is 5.93. The number of benzene rings is 2. The summed E-state index contributed by atoms with van der Waals surface area (Å²) in [6, 6.07) is 9.51. The molecular weight excluding hydrogens is 440 g/mol. The molecule has 0 saturated carbocycles. The topological polar surface area (TPSA) is 52.0 Å². The van der Waals surface area contributed by atoms with E-state index in [1.165, 1.54) is 0 Å². The second kappa shape index (κ2) is 4.92. The molecule has 0 aliphatic carbocycles. The highest BCUT2D eigenvalue weighted by atomic mass is 79.9. The summed E-state index contributed by atoms with van der Waals surface area (Å²) in [5.74, 6) is 0.535. The fourth-order valence-corrected chi connectivity index (χ4v) is 3.04. The Labute approximate surface area is 134 Å². The Bertz CT molecular complexity index is 783. The van der Waals surface area contributed by atoms with Gasteiger partial charge in [0.15, 0.2) is 5.58 Å². The van der Waals surface area contributed by atoms with Gasteiger partial charge < -0.3 is 10.2 Å². The van der Waals surface area contributed by atoms with Crippen LogP contribution in [0.4, 0.5) is 5.69 Å². The first-order chi connectivity index (χ1) is 9.04. The second-order valence-electron chi connectivity index (χ2n) is 3.99. The summed E-state index contributed by atoms with van der Waals surface area (Å²) in [5, 5.41) is 0. The molecule has 3 aromatic rings. The number of oxazole rings is 1. The van der Waals surface area contributed by atoms with Crippen LogP contribution >= 0.6 is 47.8 Å². The number of fused-ring (bicyclic) bond motifs is 1. The van der Waals surface area contributed by atoms with E-state index in [4.69, 9.17) is 10.2 Å². The van der Waals surface area contributed by atoms with Crippen molar-refractivity contribution in [2.24, 2.45) is 0 Å². The van der Waals surface area contributed by atoms with E-state index in [-0.39, 0.29) is 0 Å². The minimum Gasteiger partial charge on any atom is -0.434 e. The summed E-state index contributed by atoms with van der Waals surface area (Å²) < 4.78 is 8.53. The zero-order valence-corrected chi connectivity index (χ0v) is 14.2. The van der Waals surface area contributed by atoms with Gasteiger partial charge in [-0.2, -0.15) is 0 Å². The minimum atomic E-state index is 0.535. The number of nitrogens with two attached hydrogens (primary N) is 1. The largest absolute Gasteiger partial charge is 0.434 e. The van der Waals surface area contributed by atoms with E-state index in [9.17, 15) is 0 Å². The normalized spacial score (nSPS) is 11.1. The SMILES string of the molecule is Nc1cc(Br)cc2nc(-c3cc(Br)ccc3Br)oc12. The fraction of sp³-hybridized carbons (Fsp3) is 0. The lowest BCUT2D eigenvalue weighted by Gasteiger charge is -2.00. The van der Waals surface area contributed by atoms with E-state index >= 15 is 0 Å². The summed E-state index contributed by atoms with van der Waals surface area (Å²) >= 11 is 10.3. The maximum Gasteiger partial charge on any atom is 0.228 e. The Kier molecular flexibility index (Phi) is 3.41. The van der Waals surface area contributed by atoms with Crippen LogP contribution in [-0.2, 0) is 0 Å². The highest BCUT2D eigenvalue weighted by Gasteiger charge is 2.14. The summed E-state index contributed by atoms with van der Waals surface area (Å²) in [6.45, 7) is 0. The van der Waals surface area contributed by atoms with Crippen molar-refractivity contribution < 1.29 is 4.42 Å². The number of anilines is 1. The van der Waals surface area contributed by atoms with Gasteiger partial charge in [-0.1, -0.05) is 31.9 Å². The molecule has 0 aliphatic rings. The summed E-state index contributed by atoms with van der Waals surface area (Å²) in [7, 11) is 0. The van der Waals surface area contributed by atoms with Crippen LogP contribution in [0.3, 0.4) is 0 Å². The monoisotopic (exact) mass is 444 g/mol. The van der Waals surface area contributed by atoms with Crippen molar-refractivity contribution in [3.8, 4) is 11.5 Å². The third-order valence-corrected chi connectivity index (χ3v) is 4.28. The third kappa shape index (κ3) is 2.44. The van der Waals surface area contributed by atoms with Crippen LogP contribution in [0.25, 0.3) is 22.6 Å². The quantitative estimate of drug-likeness (QED) is 0.511. The molecule has 1 heterocycles. The second-order valence-corrected chi connectivity index (χ2v) is 6.67. The summed E-state index contributed by atoms with van der Waals surface area (Å²) in [5.41, 5.74) is 8.70. The molecule has 0 radical (unpaired) electrons. The Balaban J connectivity index is 2.26. The molecule has 0 bridgehead atoms. The first-order valence-electron chi connectivity index (χ1n) is 5.35. The van der Waals surface area contributed by atoms with Gasteiger partial charge in [0.05, 0.1) is 11.3 Å². The minimum absolute atomic E-state index is 0.535. The Hall–Kier alpha value is -0.850. The number of halogens is 3. The van der Waals surface area contributed by atoms with Gasteiger partial charge in [-0.15, -0.1) is 0 Å². The highest BCUT2D eigenvalue weighted by molar-refractivity contribution is 9.11. The van der Waals surface area contributed by atoms with Gasteiger partial charge in [0.25, 0.3) is 0 Å². The Morgan fingerprint density at radius 1 is 1.00 bits per heavy atom. The van der Waals surface area contributed by atoms with Crippen LogP contribution in [0, 0.1) is 0 Å². The number of nitrogen functional groups attached to an aromatic ring is 1. The van der Waals surface area contributed by atoms with Crippen LogP contribution in [0.15, 0.2) is 48.2 Å². The van der Waals surface area contributed by atoms with E-state index in [1.807, 2.05) is 24.3 Å². The van der Waals surface area contributed by atoms with Crippen LogP contribution in [0.2, 0.25) is 0 Å². The third-order valence-electron chi connectivity index (χ3n) is 2.64. The highest BCUT2D eigenvalue weighted by Crippen LogP contribution is 2.35. The molecule has 0 saturated heterocycles. The molecule has 0 unspecified atom stereocenters. The van der Waals surface area contributed by atoms with Gasteiger partial charge in [-0.3, -0.25) is 0 Å². The van der Waals surface area contributed by atoms with Gasteiger partial charge in [0.1, 0.15) is 5.52 Å². The fourth-order valence-electron chi connectivity index (χ4n) is 1.80. The summed E-state index contributed by atoms with van der Waals surface area (Å²) in [6.07, 6.45) is 0. The van der Waals surface area contributed by atoms with Crippen molar-refractivity contribution in [1.29, 1.82) is 0 Å². The predicted molar refractivity (Wildman–Crippen MR) is 87.0 cm³/mol. The molecule has 0 amide bonds. The zero-order chi connectivity index (χ0) is 13.6. The number of hydrogen-bond acceptors (Lipinski definition) is 3. The lowest BCUT2D eigenvalue weighted by Crippen LogP contribution is -1.84. The lowest BCUT2D eigenvalue weighted by molar-refractivity contribution is 0.620. The number of nitrogens with zero attached hydrogens (tertiary/aromatic N) is 1. The van der Waals surface area contributed by atoms with Crippen LogP contribution in [0.1, 0.15) is 0 Å². The zero-order valence-electron chi connectivity index (χ0n) is 9.45. The molecule has 0 fully saturated rings. The van der Waals surface area contributed by atoms with Crippen molar-refractivity contribution in [2.45, 2.75) is 0 Å². The van der Waals surface area contributed by atoms with Crippen molar-refractivity contribution in [1.82, 2.24) is 4.98 Å². The van der Waals surface area contributed by atoms with E-state index in [2.05, 4.69) is 52.8 Å². The molecule has 6 heteroatoms. The van der Waals surface area contributed by atoms with Crippen molar-refractivity contribution in [3.05, 3.63) is 43.7 Å². The van der Waals surface area contributed by atoms with E-state index in [0.717, 1.165) is 24.5 Å². The van der Waals surface area contributed by atoms with E-state index in [0.29, 0.717) is 17.2 Å². The average molecular weight is 447 g/mol. The first kappa shape index (κ1) is 13.1. The molecule has 0 aliphatic heterocycles. The van der Waals surface area contributed by atoms with E-state index < -0.39 is 0 Å². The first-order valence-corrected chi connectivity index (χ1v) is 7.73. The molecule has 96 valence electrons. The van der Waals surface area contributed by atoms with Gasteiger partial charge in [-0.25, -0.2) is 4.98 Å². The van der Waals surface area contributed by atoms with Crippen molar-refractivity contribution in [3.63, 3.8) is 0 Å². The molecule has 3 nitrogen and oxygen atoms in total. The average Bonchev–Trinajstić information content (AvgIpc) is 2.76. The summed E-state index contributed by atoms with van der Waals surface area (Å²) in [4.78, 5) is 4.48. The van der Waals surface area contributed by atoms with Gasteiger partial charge in [0, 0.05) is 13.4 Å². The molecule has 19 heavy (non-hydrogen) atoms. The Morgan fingerprint density at radius 2 is 1.79 bits per heavy atom. The number of hydrogen-bond donors (Lipinski definition) is 1. The molecule has 2 aromatic carbocycles. The molecule has 2 N–H and O–H groups in total. The lowest BCUT2D eigenvalue weighted by atomic mass is 10.2. The molecule has 3 rings (SSSR count). The smallest absolute Gasteiger partial charge is 0.228 e. The maximum absolute atomic E-state index is 5.93. The van der Waals surface area contributed by atoms with Crippen LogP contribution < -0.4 is 5.73 Å². The van der Waals surface area contributed by atoms with Gasteiger partial charge >= 0.3 is 0 Å². The van der Waals surface area contributed by atoms with Crippen LogP contribution in [-0.4, -0.2) is 4.98 Å². The molecule has 1 aromatic heterocycles. The van der Waals surface area contributed by atoms with Gasteiger partial charge in [0.2, 0.25) is 5.89 Å². The van der Waals surface area contributed by atoms with Crippen LogP contribution in [0.5, 0.6) is 0 Å². The number of aromatic nitrogens is 1. The number of rotatable bonds is 1.